The number of carbonyl (C=O) groups is 2. The van der Waals surface area contributed by atoms with Gasteiger partial charge in [0.15, 0.2) is 5.69 Å². The van der Waals surface area contributed by atoms with Crippen molar-refractivity contribution in [3.05, 3.63) is 70.0 Å². The van der Waals surface area contributed by atoms with Gasteiger partial charge in [0.2, 0.25) is 0 Å². The molecule has 2 atom stereocenters. The first-order valence-electron chi connectivity index (χ1n) is 9.78. The van der Waals surface area contributed by atoms with Gasteiger partial charge in [0.05, 0.1) is 18.2 Å². The van der Waals surface area contributed by atoms with E-state index in [-0.39, 0.29) is 12.1 Å². The average Bonchev–Trinajstić information content (AvgIpc) is 3.31. The van der Waals surface area contributed by atoms with E-state index in [1.165, 1.54) is 13.1 Å². The zero-order chi connectivity index (χ0) is 23.3. The van der Waals surface area contributed by atoms with Gasteiger partial charge in [0.25, 0.3) is 5.91 Å². The molecule has 2 aromatic carbocycles. The SMILES string of the molecule is CC(CO)(C[C@@H](Cc1ccc(-c2cc(Cl)ccc2Cl)cc1)NC(=O)c1c[nH]nn1)C(=O)O. The Morgan fingerprint density at radius 1 is 1.19 bits per heavy atom. The first kappa shape index (κ1) is 23.7. The minimum atomic E-state index is -1.42. The molecule has 168 valence electrons. The maximum Gasteiger partial charge on any atom is 0.311 e. The highest BCUT2D eigenvalue weighted by Crippen LogP contribution is 2.31. The molecule has 1 unspecified atom stereocenters. The second-order valence-corrected chi connectivity index (χ2v) is 8.63. The Hall–Kier alpha value is -2.94. The fourth-order valence-corrected chi connectivity index (χ4v) is 3.73. The number of aromatic nitrogens is 3. The van der Waals surface area contributed by atoms with E-state index in [0.717, 1.165) is 16.7 Å². The van der Waals surface area contributed by atoms with Gasteiger partial charge in [-0.1, -0.05) is 52.7 Å². The van der Waals surface area contributed by atoms with Crippen molar-refractivity contribution < 1.29 is 19.8 Å². The molecule has 0 radical (unpaired) electrons. The van der Waals surface area contributed by atoms with Crippen molar-refractivity contribution in [3.8, 4) is 11.1 Å². The zero-order valence-corrected chi connectivity index (χ0v) is 18.7. The maximum absolute atomic E-state index is 12.5. The van der Waals surface area contributed by atoms with Crippen LogP contribution in [0, 0.1) is 5.41 Å². The minimum Gasteiger partial charge on any atom is -0.481 e. The summed E-state index contributed by atoms with van der Waals surface area (Å²) in [4.78, 5) is 24.2. The van der Waals surface area contributed by atoms with Crippen molar-refractivity contribution >= 4 is 35.1 Å². The highest BCUT2D eigenvalue weighted by Gasteiger charge is 2.36. The fourth-order valence-electron chi connectivity index (χ4n) is 3.33. The van der Waals surface area contributed by atoms with Crippen molar-refractivity contribution in [1.82, 2.24) is 20.7 Å². The number of carboxylic acid groups (broad SMARTS) is 1. The van der Waals surface area contributed by atoms with Gasteiger partial charge in [-0.3, -0.25) is 14.7 Å². The van der Waals surface area contributed by atoms with E-state index in [1.54, 1.807) is 18.2 Å². The van der Waals surface area contributed by atoms with E-state index in [1.807, 2.05) is 24.3 Å². The van der Waals surface area contributed by atoms with Crippen molar-refractivity contribution in [3.63, 3.8) is 0 Å². The molecule has 1 aromatic heterocycles. The molecular formula is C22H22Cl2N4O4. The van der Waals surface area contributed by atoms with E-state index in [0.29, 0.717) is 16.5 Å². The lowest BCUT2D eigenvalue weighted by Gasteiger charge is -2.28. The number of aliphatic hydroxyl groups excluding tert-OH is 1. The topological polar surface area (TPSA) is 128 Å². The Kier molecular flexibility index (Phi) is 7.50. The maximum atomic E-state index is 12.5. The quantitative estimate of drug-likeness (QED) is 0.373. The molecule has 1 heterocycles. The number of benzene rings is 2. The molecule has 0 aliphatic rings. The molecule has 3 rings (SSSR count). The number of hydrogen-bond acceptors (Lipinski definition) is 5. The number of nitrogens with zero attached hydrogens (tertiary/aromatic N) is 2. The van der Waals surface area contributed by atoms with Crippen LogP contribution in [0.3, 0.4) is 0 Å². The van der Waals surface area contributed by atoms with Crippen LogP contribution in [0.1, 0.15) is 29.4 Å². The smallest absolute Gasteiger partial charge is 0.311 e. The molecule has 0 aliphatic carbocycles. The normalized spacial score (nSPS) is 13.9. The summed E-state index contributed by atoms with van der Waals surface area (Å²) in [6, 6.07) is 12.1. The lowest BCUT2D eigenvalue weighted by Crippen LogP contribution is -2.44. The predicted molar refractivity (Wildman–Crippen MR) is 121 cm³/mol. The van der Waals surface area contributed by atoms with Crippen LogP contribution in [0.15, 0.2) is 48.7 Å². The summed E-state index contributed by atoms with van der Waals surface area (Å²) in [5, 5.41) is 32.8. The Morgan fingerprint density at radius 3 is 2.50 bits per heavy atom. The molecule has 4 N–H and O–H groups in total. The van der Waals surface area contributed by atoms with Gasteiger partial charge >= 0.3 is 5.97 Å². The van der Waals surface area contributed by atoms with Crippen LogP contribution < -0.4 is 5.32 Å². The molecule has 32 heavy (non-hydrogen) atoms. The Morgan fingerprint density at radius 2 is 1.91 bits per heavy atom. The molecular weight excluding hydrogens is 455 g/mol. The molecule has 1 amide bonds. The second-order valence-electron chi connectivity index (χ2n) is 7.78. The molecule has 0 saturated heterocycles. The number of aliphatic carboxylic acids is 1. The summed E-state index contributed by atoms with van der Waals surface area (Å²) in [5.41, 5.74) is 1.19. The Balaban J connectivity index is 1.82. The van der Waals surface area contributed by atoms with Gasteiger partial charge < -0.3 is 15.5 Å². The minimum absolute atomic E-state index is 0.0182. The zero-order valence-electron chi connectivity index (χ0n) is 17.2. The van der Waals surface area contributed by atoms with Gasteiger partial charge in [0.1, 0.15) is 0 Å². The van der Waals surface area contributed by atoms with Crippen molar-refractivity contribution in [2.45, 2.75) is 25.8 Å². The third-order valence-corrected chi connectivity index (χ3v) is 5.79. The number of rotatable bonds is 9. The van der Waals surface area contributed by atoms with E-state index in [4.69, 9.17) is 23.2 Å². The summed E-state index contributed by atoms with van der Waals surface area (Å²) in [7, 11) is 0. The predicted octanol–water partition coefficient (Wildman–Crippen LogP) is 3.59. The van der Waals surface area contributed by atoms with Crippen LogP contribution in [-0.4, -0.2) is 50.1 Å². The summed E-state index contributed by atoms with van der Waals surface area (Å²) in [6.07, 6.45) is 1.71. The van der Waals surface area contributed by atoms with E-state index in [2.05, 4.69) is 20.7 Å². The summed E-state index contributed by atoms with van der Waals surface area (Å²) < 4.78 is 0. The molecule has 3 aromatic rings. The third kappa shape index (κ3) is 5.64. The van der Waals surface area contributed by atoms with Gasteiger partial charge in [-0.2, -0.15) is 0 Å². The number of carboxylic acids is 1. The van der Waals surface area contributed by atoms with Gasteiger partial charge in [-0.15, -0.1) is 5.10 Å². The van der Waals surface area contributed by atoms with E-state index < -0.39 is 29.9 Å². The largest absolute Gasteiger partial charge is 0.481 e. The molecule has 0 bridgehead atoms. The number of hydrogen-bond donors (Lipinski definition) is 4. The first-order valence-corrected chi connectivity index (χ1v) is 10.5. The van der Waals surface area contributed by atoms with Crippen LogP contribution in [0.25, 0.3) is 11.1 Å². The molecule has 8 nitrogen and oxygen atoms in total. The number of carbonyl (C=O) groups excluding carboxylic acids is 1. The van der Waals surface area contributed by atoms with E-state index >= 15 is 0 Å². The number of H-pyrrole nitrogens is 1. The number of aromatic amines is 1. The first-order chi connectivity index (χ1) is 15.2. The Bertz CT molecular complexity index is 1090. The van der Waals surface area contributed by atoms with Crippen LogP contribution in [-0.2, 0) is 11.2 Å². The molecule has 10 heteroatoms. The number of amides is 1. The summed E-state index contributed by atoms with van der Waals surface area (Å²) >= 11 is 12.4. The monoisotopic (exact) mass is 476 g/mol. The second kappa shape index (κ2) is 10.1. The molecule has 0 fully saturated rings. The summed E-state index contributed by atoms with van der Waals surface area (Å²) in [6.45, 7) is 0.875. The van der Waals surface area contributed by atoms with Crippen molar-refractivity contribution in [1.29, 1.82) is 0 Å². The van der Waals surface area contributed by atoms with Gasteiger partial charge in [0, 0.05) is 21.7 Å². The number of halogens is 2. The van der Waals surface area contributed by atoms with Crippen LogP contribution in [0.4, 0.5) is 0 Å². The number of nitrogens with one attached hydrogen (secondary N) is 2. The lowest BCUT2D eigenvalue weighted by molar-refractivity contribution is -0.151. The third-order valence-electron chi connectivity index (χ3n) is 5.22. The molecule has 0 saturated carbocycles. The fraction of sp³-hybridized carbons (Fsp3) is 0.273. The van der Waals surface area contributed by atoms with Gasteiger partial charge in [-0.25, -0.2) is 0 Å². The van der Waals surface area contributed by atoms with Crippen LogP contribution >= 0.6 is 23.2 Å². The summed E-state index contributed by atoms with van der Waals surface area (Å²) in [5.74, 6) is -1.64. The molecule has 0 aliphatic heterocycles. The Labute approximate surface area is 194 Å². The molecule has 0 spiro atoms. The van der Waals surface area contributed by atoms with E-state index in [9.17, 15) is 19.8 Å². The van der Waals surface area contributed by atoms with Crippen molar-refractivity contribution in [2.24, 2.45) is 5.41 Å². The van der Waals surface area contributed by atoms with Crippen LogP contribution in [0.2, 0.25) is 10.0 Å². The standard InChI is InChI=1S/C22H22Cl2N4O4/c1-22(12-29,21(31)32)10-16(26-20(30)19-11-25-28-27-19)8-13-2-4-14(5-3-13)17-9-15(23)6-7-18(17)24/h2-7,9,11,16,29H,8,10,12H2,1H3,(H,26,30)(H,31,32)(H,25,27,28)/t16-,22?/m1/s1. The van der Waals surface area contributed by atoms with Gasteiger partial charge in [-0.05, 0) is 49.1 Å². The highest BCUT2D eigenvalue weighted by atomic mass is 35.5. The van der Waals surface area contributed by atoms with Crippen molar-refractivity contribution in [2.75, 3.05) is 6.61 Å². The van der Waals surface area contributed by atoms with Crippen LogP contribution in [0.5, 0.6) is 0 Å². The highest BCUT2D eigenvalue weighted by molar-refractivity contribution is 6.35. The average molecular weight is 477 g/mol. The lowest BCUT2D eigenvalue weighted by atomic mass is 9.82. The number of aliphatic hydroxyl groups is 1.